The molecule has 1 amide bonds. The molecule has 0 fully saturated rings. The van der Waals surface area contributed by atoms with Gasteiger partial charge in [-0.2, -0.15) is 0 Å². The van der Waals surface area contributed by atoms with E-state index < -0.39 is 5.60 Å². The fourth-order valence-corrected chi connectivity index (χ4v) is 2.65. The molecule has 1 aromatic carbocycles. The van der Waals surface area contributed by atoms with E-state index in [0.29, 0.717) is 4.47 Å². The summed E-state index contributed by atoms with van der Waals surface area (Å²) >= 11 is 3.18. The first-order valence-corrected chi connectivity index (χ1v) is 7.48. The third-order valence-electron chi connectivity index (χ3n) is 3.24. The van der Waals surface area contributed by atoms with Crippen LogP contribution in [0.3, 0.4) is 0 Å². The summed E-state index contributed by atoms with van der Waals surface area (Å²) in [5.74, 6) is -0.303. The molecule has 1 aromatic rings. The van der Waals surface area contributed by atoms with E-state index in [4.69, 9.17) is 4.74 Å². The number of fused-ring (bicyclic) bond motifs is 1. The van der Waals surface area contributed by atoms with Gasteiger partial charge in [0.2, 0.25) is 0 Å². The smallest absolute Gasteiger partial charge is 0.415 e. The highest BCUT2D eigenvalue weighted by Crippen LogP contribution is 2.35. The fraction of sp³-hybridized carbons (Fsp3) is 0.533. The zero-order valence-electron chi connectivity index (χ0n) is 12.2. The van der Waals surface area contributed by atoms with Crippen molar-refractivity contribution >= 4 is 27.7 Å². The zero-order valence-corrected chi connectivity index (χ0v) is 13.8. The Hall–Kier alpha value is -1.10. The van der Waals surface area contributed by atoms with Crippen molar-refractivity contribution < 1.29 is 13.9 Å². The number of rotatable bonds is 0. The number of hydrogen-bond donors (Lipinski definition) is 0. The van der Waals surface area contributed by atoms with E-state index in [2.05, 4.69) is 15.9 Å². The van der Waals surface area contributed by atoms with Gasteiger partial charge in [0.1, 0.15) is 11.4 Å². The quantitative estimate of drug-likeness (QED) is 0.685. The molecule has 1 heterocycles. The Morgan fingerprint density at radius 1 is 1.45 bits per heavy atom. The summed E-state index contributed by atoms with van der Waals surface area (Å²) in [6, 6.07) is 3.18. The second-order valence-electron chi connectivity index (χ2n) is 6.13. The number of carbonyl (C=O) groups excluding carboxylic acids is 1. The molecule has 1 aliphatic rings. The summed E-state index contributed by atoms with van der Waals surface area (Å²) in [5.41, 5.74) is 1.02. The largest absolute Gasteiger partial charge is 0.443 e. The van der Waals surface area contributed by atoms with Crippen LogP contribution in [-0.2, 0) is 11.2 Å². The van der Waals surface area contributed by atoms with Gasteiger partial charge in [0.15, 0.2) is 0 Å². The maximum Gasteiger partial charge on any atom is 0.415 e. The summed E-state index contributed by atoms with van der Waals surface area (Å²) in [4.78, 5) is 14.0. The van der Waals surface area contributed by atoms with Gasteiger partial charge in [0.05, 0.1) is 10.2 Å². The highest BCUT2D eigenvalue weighted by atomic mass is 79.9. The minimum Gasteiger partial charge on any atom is -0.443 e. The second kappa shape index (κ2) is 5.35. The maximum absolute atomic E-state index is 13.6. The van der Waals surface area contributed by atoms with Crippen LogP contribution in [-0.4, -0.2) is 17.7 Å². The van der Waals surface area contributed by atoms with Crippen LogP contribution in [0.2, 0.25) is 0 Å². The predicted molar refractivity (Wildman–Crippen MR) is 80.6 cm³/mol. The van der Waals surface area contributed by atoms with Crippen molar-refractivity contribution in [3.8, 4) is 0 Å². The molecule has 3 nitrogen and oxygen atoms in total. The van der Waals surface area contributed by atoms with Crippen LogP contribution in [0.25, 0.3) is 0 Å². The SMILES string of the molecule is CC1CCc2cc(F)c(Br)cc2N1C(=O)OC(C)(C)C. The predicted octanol–water partition coefficient (Wildman–Crippen LogP) is 4.66. The van der Waals surface area contributed by atoms with Gasteiger partial charge in [-0.05, 0) is 74.2 Å². The summed E-state index contributed by atoms with van der Waals surface area (Å²) in [7, 11) is 0. The number of nitrogens with zero attached hydrogens (tertiary/aromatic N) is 1. The lowest BCUT2D eigenvalue weighted by Crippen LogP contribution is -2.45. The molecule has 0 bridgehead atoms. The fourth-order valence-electron chi connectivity index (χ4n) is 2.32. The van der Waals surface area contributed by atoms with Crippen LogP contribution in [0.4, 0.5) is 14.9 Å². The number of amides is 1. The molecular weight excluding hydrogens is 325 g/mol. The summed E-state index contributed by atoms with van der Waals surface area (Å²) in [6.45, 7) is 7.48. The molecule has 0 saturated heterocycles. The summed E-state index contributed by atoms with van der Waals surface area (Å²) < 4.78 is 19.4. The average Bonchev–Trinajstić information content (AvgIpc) is 2.28. The number of aryl methyl sites for hydroxylation is 1. The van der Waals surface area contributed by atoms with Crippen LogP contribution in [0.1, 0.15) is 39.7 Å². The molecule has 0 radical (unpaired) electrons. The van der Waals surface area contributed by atoms with Gasteiger partial charge in [0, 0.05) is 6.04 Å². The van der Waals surface area contributed by atoms with E-state index in [1.54, 1.807) is 11.0 Å². The Bertz CT molecular complexity index is 539. The number of carbonyl (C=O) groups is 1. The zero-order chi connectivity index (χ0) is 15.1. The van der Waals surface area contributed by atoms with Crippen molar-refractivity contribution in [2.75, 3.05) is 4.90 Å². The highest BCUT2D eigenvalue weighted by Gasteiger charge is 2.32. The van der Waals surface area contributed by atoms with E-state index in [1.807, 2.05) is 27.7 Å². The minimum absolute atomic E-state index is 0.0368. The van der Waals surface area contributed by atoms with Crippen LogP contribution < -0.4 is 4.90 Å². The van der Waals surface area contributed by atoms with Crippen LogP contribution in [0, 0.1) is 5.82 Å². The molecule has 2 rings (SSSR count). The standard InChI is InChI=1S/C15H19BrFNO2/c1-9-5-6-10-7-12(17)11(16)8-13(10)18(9)14(19)20-15(2,3)4/h7-9H,5-6H2,1-4H3. The lowest BCUT2D eigenvalue weighted by molar-refractivity contribution is 0.0563. The normalized spacial score (nSPS) is 18.7. The number of benzene rings is 1. The van der Waals surface area contributed by atoms with Gasteiger partial charge in [-0.25, -0.2) is 9.18 Å². The molecular formula is C15H19BrFNO2. The minimum atomic E-state index is -0.550. The molecule has 0 saturated carbocycles. The topological polar surface area (TPSA) is 29.5 Å². The molecule has 1 aliphatic heterocycles. The Morgan fingerprint density at radius 3 is 2.70 bits per heavy atom. The Labute approximate surface area is 127 Å². The molecule has 20 heavy (non-hydrogen) atoms. The Morgan fingerprint density at radius 2 is 2.10 bits per heavy atom. The van der Waals surface area contributed by atoms with Gasteiger partial charge < -0.3 is 4.74 Å². The van der Waals surface area contributed by atoms with Crippen molar-refractivity contribution in [1.82, 2.24) is 0 Å². The Balaban J connectivity index is 2.39. The average molecular weight is 344 g/mol. The van der Waals surface area contributed by atoms with Crippen molar-refractivity contribution in [2.45, 2.75) is 52.2 Å². The van der Waals surface area contributed by atoms with Gasteiger partial charge in [0.25, 0.3) is 0 Å². The molecule has 110 valence electrons. The van der Waals surface area contributed by atoms with Gasteiger partial charge in [-0.15, -0.1) is 0 Å². The van der Waals surface area contributed by atoms with Crippen LogP contribution in [0.15, 0.2) is 16.6 Å². The first-order chi connectivity index (χ1) is 9.19. The van der Waals surface area contributed by atoms with E-state index >= 15 is 0 Å². The van der Waals surface area contributed by atoms with E-state index in [9.17, 15) is 9.18 Å². The molecule has 0 N–H and O–H groups in total. The van der Waals surface area contributed by atoms with E-state index in [0.717, 1.165) is 24.1 Å². The van der Waals surface area contributed by atoms with Gasteiger partial charge in [-0.3, -0.25) is 4.90 Å². The lowest BCUT2D eigenvalue weighted by Gasteiger charge is -2.36. The van der Waals surface area contributed by atoms with E-state index in [1.165, 1.54) is 6.07 Å². The molecule has 0 spiro atoms. The molecule has 1 atom stereocenters. The van der Waals surface area contributed by atoms with E-state index in [-0.39, 0.29) is 18.0 Å². The summed E-state index contributed by atoms with van der Waals surface area (Å²) in [6.07, 6.45) is 1.18. The first kappa shape index (κ1) is 15.3. The van der Waals surface area contributed by atoms with Crippen molar-refractivity contribution in [2.24, 2.45) is 0 Å². The third-order valence-corrected chi connectivity index (χ3v) is 3.85. The second-order valence-corrected chi connectivity index (χ2v) is 6.99. The number of ether oxygens (including phenoxy) is 1. The number of anilines is 1. The number of hydrogen-bond acceptors (Lipinski definition) is 2. The number of halogens is 2. The van der Waals surface area contributed by atoms with Gasteiger partial charge in [-0.1, -0.05) is 0 Å². The monoisotopic (exact) mass is 343 g/mol. The van der Waals surface area contributed by atoms with Crippen molar-refractivity contribution in [3.63, 3.8) is 0 Å². The maximum atomic E-state index is 13.6. The first-order valence-electron chi connectivity index (χ1n) is 6.69. The third kappa shape index (κ3) is 3.14. The van der Waals surface area contributed by atoms with Gasteiger partial charge >= 0.3 is 6.09 Å². The lowest BCUT2D eigenvalue weighted by atomic mass is 9.97. The Kier molecular flexibility index (Phi) is 4.09. The molecule has 0 aliphatic carbocycles. The van der Waals surface area contributed by atoms with Crippen LogP contribution in [0.5, 0.6) is 0 Å². The molecule has 5 heteroatoms. The van der Waals surface area contributed by atoms with Crippen LogP contribution >= 0.6 is 15.9 Å². The van der Waals surface area contributed by atoms with Crippen molar-refractivity contribution in [3.05, 3.63) is 28.0 Å². The highest BCUT2D eigenvalue weighted by molar-refractivity contribution is 9.10. The summed E-state index contributed by atoms with van der Waals surface area (Å²) in [5, 5.41) is 0. The van der Waals surface area contributed by atoms with Crippen molar-refractivity contribution in [1.29, 1.82) is 0 Å². The molecule has 0 aromatic heterocycles. The molecule has 1 unspecified atom stereocenters.